The summed E-state index contributed by atoms with van der Waals surface area (Å²) >= 11 is 0.599. The molecule has 2 aliphatic rings. The summed E-state index contributed by atoms with van der Waals surface area (Å²) in [5.41, 5.74) is -0.840. The molecule has 10 atom stereocenters. The van der Waals surface area contributed by atoms with E-state index in [-0.39, 0.29) is 17.2 Å². The highest BCUT2D eigenvalue weighted by atomic mass is 32.3. The molecule has 2 heterocycles. The van der Waals surface area contributed by atoms with Crippen LogP contribution in [0.4, 0.5) is 0 Å². The molecule has 1 aromatic rings. The van der Waals surface area contributed by atoms with Crippen molar-refractivity contribution in [3.63, 3.8) is 0 Å². The molecule has 17 heteroatoms. The largest absolute Gasteiger partial charge is 0.714 e. The lowest BCUT2D eigenvalue weighted by Crippen LogP contribution is -2.58. The summed E-state index contributed by atoms with van der Waals surface area (Å²) < 4.78 is 53.0. The average Bonchev–Trinajstić information content (AvgIpc) is 2.85. The van der Waals surface area contributed by atoms with Crippen LogP contribution >= 0.6 is 11.8 Å². The van der Waals surface area contributed by atoms with Crippen LogP contribution in [-0.2, 0) is 30.6 Å². The number of rotatable bonds is 8. The molecule has 210 valence electrons. The van der Waals surface area contributed by atoms with Crippen LogP contribution in [-0.4, -0.2) is 121 Å². The maximum Gasteiger partial charge on any atom is 0.284 e. The SMILES string of the molecule is CC1OC(Oc2ccc(CC(=NOS(=O)(=O)[O-])SC3OC(CO)C(O)C(O)C3O)cc2)C(O)C(O)C1O. The van der Waals surface area contributed by atoms with Gasteiger partial charge in [0.05, 0.1) is 12.7 Å². The minimum absolute atomic E-state index is 0.153. The molecule has 3 rings (SSSR count). The van der Waals surface area contributed by atoms with Gasteiger partial charge in [-0.1, -0.05) is 29.1 Å². The Morgan fingerprint density at radius 1 is 0.973 bits per heavy atom. The fourth-order valence-electron chi connectivity index (χ4n) is 3.59. The van der Waals surface area contributed by atoms with E-state index in [2.05, 4.69) is 9.44 Å². The molecule has 2 aliphatic heterocycles. The number of nitrogens with zero attached hydrogens (tertiary/aromatic N) is 1. The number of hydrogen-bond acceptors (Lipinski definition) is 16. The molecule has 1 aromatic carbocycles. The predicted octanol–water partition coefficient (Wildman–Crippen LogP) is -3.24. The number of benzene rings is 1. The van der Waals surface area contributed by atoms with Crippen molar-refractivity contribution in [3.8, 4) is 5.75 Å². The first-order chi connectivity index (χ1) is 17.3. The number of thioether (sulfide) groups is 1. The summed E-state index contributed by atoms with van der Waals surface area (Å²) in [7, 11) is -5.22. The van der Waals surface area contributed by atoms with Gasteiger partial charge in [0.1, 0.15) is 59.0 Å². The third kappa shape index (κ3) is 7.71. The molecule has 2 saturated heterocycles. The summed E-state index contributed by atoms with van der Waals surface area (Å²) in [6, 6.07) is 5.92. The monoisotopic (exact) mass is 570 g/mol. The lowest BCUT2D eigenvalue weighted by molar-refractivity contribution is -0.268. The molecule has 37 heavy (non-hydrogen) atoms. The van der Waals surface area contributed by atoms with E-state index in [0.717, 1.165) is 0 Å². The van der Waals surface area contributed by atoms with Crippen molar-refractivity contribution in [2.45, 2.75) is 73.9 Å². The van der Waals surface area contributed by atoms with Gasteiger partial charge in [-0.3, -0.25) is 4.28 Å². The molecule has 0 amide bonds. The molecule has 0 spiro atoms. The molecule has 7 N–H and O–H groups in total. The number of ether oxygens (including phenoxy) is 3. The zero-order valence-electron chi connectivity index (χ0n) is 19.2. The van der Waals surface area contributed by atoms with Crippen molar-refractivity contribution >= 4 is 27.2 Å². The Morgan fingerprint density at radius 3 is 2.19 bits per heavy atom. The highest BCUT2D eigenvalue weighted by Gasteiger charge is 2.45. The Balaban J connectivity index is 1.72. The van der Waals surface area contributed by atoms with E-state index in [9.17, 15) is 48.7 Å². The zero-order valence-corrected chi connectivity index (χ0v) is 20.9. The summed E-state index contributed by atoms with van der Waals surface area (Å²) in [6.07, 6.45) is -12.7. The predicted molar refractivity (Wildman–Crippen MR) is 123 cm³/mol. The summed E-state index contributed by atoms with van der Waals surface area (Å²) in [5.74, 6) is 0.210. The van der Waals surface area contributed by atoms with Crippen molar-refractivity contribution in [1.29, 1.82) is 0 Å². The highest BCUT2D eigenvalue weighted by Crippen LogP contribution is 2.31. The molecule has 15 nitrogen and oxygen atoms in total. The van der Waals surface area contributed by atoms with Crippen LogP contribution < -0.4 is 4.74 Å². The van der Waals surface area contributed by atoms with E-state index in [1.165, 1.54) is 31.2 Å². The summed E-state index contributed by atoms with van der Waals surface area (Å²) in [4.78, 5) is 0. The van der Waals surface area contributed by atoms with Crippen molar-refractivity contribution in [2.75, 3.05) is 6.61 Å². The molecule has 0 radical (unpaired) electrons. The van der Waals surface area contributed by atoms with Crippen LogP contribution in [0.5, 0.6) is 5.75 Å². The van der Waals surface area contributed by atoms with Crippen molar-refractivity contribution in [3.05, 3.63) is 29.8 Å². The fourth-order valence-corrected chi connectivity index (χ4v) is 4.91. The van der Waals surface area contributed by atoms with Gasteiger partial charge in [0.2, 0.25) is 6.29 Å². The second-order valence-corrected chi connectivity index (χ2v) is 10.5. The quantitative estimate of drug-likeness (QED) is 0.0533. The van der Waals surface area contributed by atoms with Crippen LogP contribution in [0, 0.1) is 0 Å². The lowest BCUT2D eigenvalue weighted by Gasteiger charge is -2.39. The van der Waals surface area contributed by atoms with Gasteiger partial charge in [0, 0.05) is 6.42 Å². The third-order valence-corrected chi connectivity index (χ3v) is 7.04. The van der Waals surface area contributed by atoms with Gasteiger partial charge < -0.3 is 54.5 Å². The summed E-state index contributed by atoms with van der Waals surface area (Å²) in [6.45, 7) is 0.812. The van der Waals surface area contributed by atoms with Crippen molar-refractivity contribution in [2.24, 2.45) is 5.16 Å². The molecule has 10 unspecified atom stereocenters. The topological polar surface area (TPSA) is 248 Å². The van der Waals surface area contributed by atoms with Crippen molar-refractivity contribution < 1.29 is 67.2 Å². The van der Waals surface area contributed by atoms with Gasteiger partial charge in [-0.05, 0) is 24.6 Å². The van der Waals surface area contributed by atoms with Crippen LogP contribution in [0.15, 0.2) is 29.4 Å². The molecule has 0 aliphatic carbocycles. The van der Waals surface area contributed by atoms with Gasteiger partial charge >= 0.3 is 0 Å². The van der Waals surface area contributed by atoms with Gasteiger partial charge in [-0.25, -0.2) is 0 Å². The van der Waals surface area contributed by atoms with Gasteiger partial charge in [0.15, 0.2) is 0 Å². The van der Waals surface area contributed by atoms with Crippen LogP contribution in [0.2, 0.25) is 0 Å². The van der Waals surface area contributed by atoms with E-state index in [4.69, 9.17) is 14.2 Å². The molecular weight excluding hydrogens is 542 g/mol. The maximum absolute atomic E-state index is 10.9. The second kappa shape index (κ2) is 12.5. The van der Waals surface area contributed by atoms with Gasteiger partial charge in [-0.15, -0.1) is 0 Å². The first-order valence-corrected chi connectivity index (χ1v) is 13.2. The molecular formula is C20H28NO14S2-. The Morgan fingerprint density at radius 2 is 1.59 bits per heavy atom. The fraction of sp³-hybridized carbons (Fsp3) is 0.650. The molecule has 0 bridgehead atoms. The van der Waals surface area contributed by atoms with Crippen LogP contribution in [0.1, 0.15) is 12.5 Å². The number of aliphatic hydroxyl groups excluding tert-OH is 7. The summed E-state index contributed by atoms with van der Waals surface area (Å²) in [5, 5.41) is 72.4. The first kappa shape index (κ1) is 29.9. The van der Waals surface area contributed by atoms with Crippen LogP contribution in [0.3, 0.4) is 0 Å². The maximum atomic E-state index is 10.9. The first-order valence-electron chi connectivity index (χ1n) is 10.9. The number of oxime groups is 1. The molecule has 0 aromatic heterocycles. The minimum atomic E-state index is -5.22. The van der Waals surface area contributed by atoms with E-state index in [1.54, 1.807) is 0 Å². The number of aliphatic hydroxyl groups is 7. The standard InChI is InChI=1S/C20H29NO14S2/c1-8-13(23)15(25)17(27)19(32-8)33-10-4-2-9(3-5-10)6-12(21-35-37(29,30)31)36-20-18(28)16(26)14(24)11(7-22)34-20/h2-5,8,11,13-20,22-28H,6-7H2,1H3,(H,29,30,31)/p-1. The van der Waals surface area contributed by atoms with Crippen molar-refractivity contribution in [1.82, 2.24) is 0 Å². The van der Waals surface area contributed by atoms with E-state index in [0.29, 0.717) is 17.3 Å². The number of hydrogen-bond donors (Lipinski definition) is 7. The zero-order chi connectivity index (χ0) is 27.5. The van der Waals surface area contributed by atoms with E-state index < -0.39 is 77.6 Å². The molecule has 0 saturated carbocycles. The van der Waals surface area contributed by atoms with Gasteiger partial charge in [-0.2, -0.15) is 8.42 Å². The minimum Gasteiger partial charge on any atom is -0.714 e. The van der Waals surface area contributed by atoms with E-state index >= 15 is 0 Å². The molecule has 2 fully saturated rings. The Kier molecular flexibility index (Phi) is 10.1. The van der Waals surface area contributed by atoms with Crippen LogP contribution in [0.25, 0.3) is 0 Å². The average molecular weight is 571 g/mol. The highest BCUT2D eigenvalue weighted by molar-refractivity contribution is 8.14. The van der Waals surface area contributed by atoms with E-state index in [1.807, 2.05) is 0 Å². The Bertz CT molecular complexity index is 1020. The second-order valence-electron chi connectivity index (χ2n) is 8.40. The third-order valence-electron chi connectivity index (χ3n) is 5.67. The smallest absolute Gasteiger partial charge is 0.284 e. The lowest BCUT2D eigenvalue weighted by atomic mass is 10.00. The van der Waals surface area contributed by atoms with Gasteiger partial charge in [0.25, 0.3) is 10.4 Å². The Labute approximate surface area is 215 Å². The Hall–Kier alpha value is -1.61. The normalized spacial score (nSPS) is 37.3.